The van der Waals surface area contributed by atoms with Gasteiger partial charge in [-0.1, -0.05) is 0 Å². The lowest BCUT2D eigenvalue weighted by Crippen LogP contribution is -2.30. The van der Waals surface area contributed by atoms with Crippen molar-refractivity contribution in [1.29, 1.82) is 0 Å². The third-order valence-electron chi connectivity index (χ3n) is 5.49. The highest BCUT2D eigenvalue weighted by atomic mass is 19.4. The summed E-state index contributed by atoms with van der Waals surface area (Å²) in [6.45, 7) is 0. The number of nitrogens with two attached hydrogens (primary N) is 1. The third kappa shape index (κ3) is 7.38. The van der Waals surface area contributed by atoms with E-state index in [0.717, 1.165) is 49.9 Å². The van der Waals surface area contributed by atoms with Crippen molar-refractivity contribution in [3.05, 3.63) is 83.2 Å². The van der Waals surface area contributed by atoms with Crippen molar-refractivity contribution >= 4 is 35.3 Å². The van der Waals surface area contributed by atoms with E-state index < -0.39 is 58.2 Å². The molecule has 2 N–H and O–H groups in total. The van der Waals surface area contributed by atoms with Gasteiger partial charge in [-0.05, 0) is 36.4 Å². The van der Waals surface area contributed by atoms with E-state index in [4.69, 9.17) is 10.5 Å². The van der Waals surface area contributed by atoms with Crippen molar-refractivity contribution in [1.82, 2.24) is 14.9 Å². The number of rotatable bonds is 6. The van der Waals surface area contributed by atoms with Crippen molar-refractivity contribution in [2.75, 3.05) is 26.0 Å². The van der Waals surface area contributed by atoms with Crippen LogP contribution in [0.25, 0.3) is 5.57 Å². The van der Waals surface area contributed by atoms with Gasteiger partial charge in [-0.15, -0.1) is 0 Å². The number of ether oxygens (including phenoxy) is 1. The van der Waals surface area contributed by atoms with Crippen molar-refractivity contribution in [3.63, 3.8) is 0 Å². The third-order valence-corrected chi connectivity index (χ3v) is 5.49. The highest BCUT2D eigenvalue weighted by Crippen LogP contribution is 2.44. The molecule has 0 aliphatic carbocycles. The van der Waals surface area contributed by atoms with Crippen LogP contribution in [0.2, 0.25) is 0 Å². The number of anilines is 1. The number of hydrogen-bond acceptors (Lipinski definition) is 7. The van der Waals surface area contributed by atoms with Gasteiger partial charge in [0.1, 0.15) is 11.5 Å². The van der Waals surface area contributed by atoms with Gasteiger partial charge in [-0.3, -0.25) is 9.69 Å². The first-order valence-electron chi connectivity index (χ1n) is 11.6. The lowest BCUT2D eigenvalue weighted by atomic mass is 9.98. The van der Waals surface area contributed by atoms with Crippen LogP contribution in [0.4, 0.5) is 47.0 Å². The van der Waals surface area contributed by atoms with Crippen LogP contribution in [0, 0.1) is 5.82 Å². The standard InChI is InChI=1S/C26H21F7N6O3/c1-38(2)23(40)20-12-37-21(13-35-20)36-11-14(10-34)18-8-15(25(28,29)30)9-19(26(31,32)33)22(18)42-24(41)39(3)17-6-4-16(27)5-7-17/h4-13H,34H2,1-3H3/b14-10+,36-11?. The number of benzene rings is 2. The first kappa shape index (κ1) is 31.5. The number of alkyl halides is 6. The first-order valence-corrected chi connectivity index (χ1v) is 11.6. The molecule has 0 aliphatic rings. The number of nitrogens with zero attached hydrogens (tertiary/aromatic N) is 5. The highest BCUT2D eigenvalue weighted by Gasteiger charge is 2.41. The number of allylic oxidation sites excluding steroid dienone is 1. The summed E-state index contributed by atoms with van der Waals surface area (Å²) in [5.41, 5.74) is 0.481. The molecule has 0 atom stereocenters. The van der Waals surface area contributed by atoms with E-state index in [1.165, 1.54) is 19.0 Å². The van der Waals surface area contributed by atoms with E-state index in [2.05, 4.69) is 15.0 Å². The fraction of sp³-hybridized carbons (Fsp3) is 0.192. The summed E-state index contributed by atoms with van der Waals surface area (Å²) < 4.78 is 101. The molecule has 3 aromatic rings. The molecular weight excluding hydrogens is 577 g/mol. The Kier molecular flexibility index (Phi) is 9.18. The van der Waals surface area contributed by atoms with Crippen molar-refractivity contribution in [2.24, 2.45) is 10.7 Å². The van der Waals surface area contributed by atoms with E-state index in [-0.39, 0.29) is 23.3 Å². The number of amides is 2. The van der Waals surface area contributed by atoms with Gasteiger partial charge in [0.2, 0.25) is 0 Å². The van der Waals surface area contributed by atoms with Crippen LogP contribution >= 0.6 is 0 Å². The maximum Gasteiger partial charge on any atom is 0.420 e. The van der Waals surface area contributed by atoms with Crippen molar-refractivity contribution in [2.45, 2.75) is 12.4 Å². The second-order valence-corrected chi connectivity index (χ2v) is 8.64. The molecule has 0 fully saturated rings. The molecule has 0 saturated carbocycles. The average molecular weight is 598 g/mol. The number of aromatic nitrogens is 2. The zero-order valence-corrected chi connectivity index (χ0v) is 22.0. The van der Waals surface area contributed by atoms with Gasteiger partial charge in [0, 0.05) is 50.4 Å². The lowest BCUT2D eigenvalue weighted by molar-refractivity contribution is -0.143. The summed E-state index contributed by atoms with van der Waals surface area (Å²) in [6, 6.07) is 4.31. The minimum Gasteiger partial charge on any atom is -0.409 e. The first-order chi connectivity index (χ1) is 19.5. The minimum absolute atomic E-state index is 0.00865. The molecule has 222 valence electrons. The van der Waals surface area contributed by atoms with Gasteiger partial charge in [0.25, 0.3) is 5.91 Å². The summed E-state index contributed by atoms with van der Waals surface area (Å²) in [5, 5.41) is 0. The largest absolute Gasteiger partial charge is 0.420 e. The molecule has 0 aliphatic heterocycles. The summed E-state index contributed by atoms with van der Waals surface area (Å²) in [4.78, 5) is 38.4. The van der Waals surface area contributed by atoms with Gasteiger partial charge in [-0.2, -0.15) is 26.3 Å². The molecule has 16 heteroatoms. The fourth-order valence-corrected chi connectivity index (χ4v) is 3.32. The molecule has 0 unspecified atom stereocenters. The monoisotopic (exact) mass is 598 g/mol. The number of hydrogen-bond donors (Lipinski definition) is 1. The highest BCUT2D eigenvalue weighted by molar-refractivity contribution is 6.12. The summed E-state index contributed by atoms with van der Waals surface area (Å²) in [5.74, 6) is -2.62. The van der Waals surface area contributed by atoms with Crippen molar-refractivity contribution in [3.8, 4) is 5.75 Å². The van der Waals surface area contributed by atoms with Crippen LogP contribution in [0.1, 0.15) is 27.2 Å². The number of carbonyl (C=O) groups excluding carboxylic acids is 2. The fourth-order valence-electron chi connectivity index (χ4n) is 3.32. The van der Waals surface area contributed by atoms with Gasteiger partial charge in [0.15, 0.2) is 11.6 Å². The molecule has 2 amide bonds. The molecule has 9 nitrogen and oxygen atoms in total. The second-order valence-electron chi connectivity index (χ2n) is 8.64. The van der Waals surface area contributed by atoms with Crippen LogP contribution in [0.3, 0.4) is 0 Å². The van der Waals surface area contributed by atoms with Crippen LogP contribution in [0.5, 0.6) is 5.75 Å². The van der Waals surface area contributed by atoms with Crippen molar-refractivity contribution < 1.29 is 45.1 Å². The summed E-state index contributed by atoms with van der Waals surface area (Å²) in [7, 11) is 4.04. The Balaban J connectivity index is 2.12. The molecule has 42 heavy (non-hydrogen) atoms. The topological polar surface area (TPSA) is 114 Å². The Morgan fingerprint density at radius 3 is 2.10 bits per heavy atom. The summed E-state index contributed by atoms with van der Waals surface area (Å²) >= 11 is 0. The molecule has 3 rings (SSSR count). The van der Waals surface area contributed by atoms with E-state index in [1.54, 1.807) is 0 Å². The Morgan fingerprint density at radius 2 is 1.60 bits per heavy atom. The Hall–Kier alpha value is -5.02. The predicted octanol–water partition coefficient (Wildman–Crippen LogP) is 5.69. The van der Waals surface area contributed by atoms with Crippen LogP contribution in [-0.2, 0) is 12.4 Å². The van der Waals surface area contributed by atoms with Crippen LogP contribution in [-0.4, -0.2) is 54.2 Å². The number of halogens is 7. The molecule has 0 saturated heterocycles. The Bertz CT molecular complexity index is 1520. The molecule has 1 heterocycles. The number of carbonyl (C=O) groups is 2. The van der Waals surface area contributed by atoms with Gasteiger partial charge >= 0.3 is 18.4 Å². The second kappa shape index (κ2) is 12.2. The van der Waals surface area contributed by atoms with Gasteiger partial charge in [-0.25, -0.2) is 24.1 Å². The smallest absolute Gasteiger partial charge is 0.409 e. The average Bonchev–Trinajstić information content (AvgIpc) is 2.92. The molecule has 0 bridgehead atoms. The van der Waals surface area contributed by atoms with Gasteiger partial charge in [0.05, 0.1) is 23.5 Å². The normalized spacial score (nSPS) is 12.4. The van der Waals surface area contributed by atoms with E-state index in [9.17, 15) is 40.3 Å². The van der Waals surface area contributed by atoms with E-state index in [0.29, 0.717) is 17.2 Å². The summed E-state index contributed by atoms with van der Waals surface area (Å²) in [6.07, 6.45) is -8.56. The predicted molar refractivity (Wildman–Crippen MR) is 138 cm³/mol. The zero-order valence-electron chi connectivity index (χ0n) is 22.0. The van der Waals surface area contributed by atoms with Crippen LogP contribution in [0.15, 0.2) is 60.0 Å². The number of aliphatic imine (C=N–C) groups is 1. The molecule has 0 radical (unpaired) electrons. The Labute approximate surface area is 233 Å². The quantitative estimate of drug-likeness (QED) is 0.288. The van der Waals surface area contributed by atoms with E-state index in [1.807, 2.05) is 0 Å². The Morgan fingerprint density at radius 1 is 0.952 bits per heavy atom. The molecule has 2 aromatic carbocycles. The maximum absolute atomic E-state index is 14.0. The lowest BCUT2D eigenvalue weighted by Gasteiger charge is -2.22. The molecule has 0 spiro atoms. The van der Waals surface area contributed by atoms with E-state index >= 15 is 0 Å². The van der Waals surface area contributed by atoms with Gasteiger partial charge < -0.3 is 15.4 Å². The minimum atomic E-state index is -5.42. The molecule has 1 aromatic heterocycles. The molecular formula is C26H21F7N6O3. The van der Waals surface area contributed by atoms with Crippen LogP contribution < -0.4 is 15.4 Å². The zero-order chi connectivity index (χ0) is 31.4. The SMILES string of the molecule is CN(C)C(=O)c1cnc(N=C/C(=C\N)c2cc(C(F)(F)F)cc(C(F)(F)F)c2OC(=O)N(C)c2ccc(F)cc2)cn1. The maximum atomic E-state index is 14.0.